The second-order valence-electron chi connectivity index (χ2n) is 5.38. The number of hydrogen-bond donors (Lipinski definition) is 1. The van der Waals surface area contributed by atoms with Crippen molar-refractivity contribution in [3.8, 4) is 0 Å². The molecular formula is C15H26N2O2. The lowest BCUT2D eigenvalue weighted by Crippen LogP contribution is -2.35. The molecule has 0 radical (unpaired) electrons. The first-order chi connectivity index (χ1) is 9.02. The Morgan fingerprint density at radius 3 is 2.37 bits per heavy atom. The first-order valence-corrected chi connectivity index (χ1v) is 7.04. The summed E-state index contributed by atoms with van der Waals surface area (Å²) in [6.45, 7) is 9.50. The van der Waals surface area contributed by atoms with Crippen LogP contribution in [0.25, 0.3) is 0 Å². The van der Waals surface area contributed by atoms with Crippen LogP contribution in [-0.2, 0) is 9.53 Å². The van der Waals surface area contributed by atoms with Crippen LogP contribution in [0.5, 0.6) is 0 Å². The Morgan fingerprint density at radius 1 is 1.21 bits per heavy atom. The van der Waals surface area contributed by atoms with Crippen molar-refractivity contribution in [3.63, 3.8) is 0 Å². The number of amides is 1. The van der Waals surface area contributed by atoms with E-state index in [1.165, 1.54) is 0 Å². The van der Waals surface area contributed by atoms with Crippen LogP contribution in [0.2, 0.25) is 0 Å². The maximum Gasteiger partial charge on any atom is 0.243 e. The van der Waals surface area contributed by atoms with Crippen LogP contribution in [0.4, 0.5) is 0 Å². The summed E-state index contributed by atoms with van der Waals surface area (Å²) in [6.07, 6.45) is 4.97. The van der Waals surface area contributed by atoms with Gasteiger partial charge in [0.15, 0.2) is 0 Å². The van der Waals surface area contributed by atoms with Gasteiger partial charge in [0.25, 0.3) is 0 Å². The molecule has 0 saturated carbocycles. The van der Waals surface area contributed by atoms with E-state index in [0.717, 1.165) is 6.42 Å². The van der Waals surface area contributed by atoms with E-state index in [0.29, 0.717) is 13.2 Å². The van der Waals surface area contributed by atoms with Crippen LogP contribution in [-0.4, -0.2) is 29.7 Å². The summed E-state index contributed by atoms with van der Waals surface area (Å²) in [7, 11) is 0. The monoisotopic (exact) mass is 266 g/mol. The van der Waals surface area contributed by atoms with Crippen molar-refractivity contribution in [2.24, 2.45) is 5.92 Å². The summed E-state index contributed by atoms with van der Waals surface area (Å²) in [4.78, 5) is 12.2. The van der Waals surface area contributed by atoms with E-state index in [1.54, 1.807) is 0 Å². The van der Waals surface area contributed by atoms with E-state index in [9.17, 15) is 4.79 Å². The number of aromatic nitrogens is 1. The molecule has 1 amide bonds. The van der Waals surface area contributed by atoms with Crippen molar-refractivity contribution in [1.29, 1.82) is 0 Å². The van der Waals surface area contributed by atoms with E-state index in [-0.39, 0.29) is 24.0 Å². The molecule has 1 rings (SSSR count). The zero-order valence-corrected chi connectivity index (χ0v) is 12.4. The highest BCUT2D eigenvalue weighted by Crippen LogP contribution is 2.17. The van der Waals surface area contributed by atoms with E-state index in [1.807, 2.05) is 42.9 Å². The molecule has 108 valence electrons. The lowest BCUT2D eigenvalue weighted by Gasteiger charge is -2.22. The van der Waals surface area contributed by atoms with Gasteiger partial charge >= 0.3 is 0 Å². The van der Waals surface area contributed by atoms with Gasteiger partial charge in [0.05, 0.1) is 6.10 Å². The molecule has 1 aromatic rings. The molecule has 1 heterocycles. The van der Waals surface area contributed by atoms with Crippen LogP contribution in [0.3, 0.4) is 0 Å². The number of nitrogens with zero attached hydrogens (tertiary/aromatic N) is 1. The SMILES string of the molecule is CC(C)OCCCNC(=O)[C@H](C(C)C)n1cccc1. The van der Waals surface area contributed by atoms with Crippen LogP contribution < -0.4 is 5.32 Å². The summed E-state index contributed by atoms with van der Waals surface area (Å²) in [5.74, 6) is 0.343. The summed E-state index contributed by atoms with van der Waals surface area (Å²) in [5.41, 5.74) is 0. The predicted octanol–water partition coefficient (Wildman–Crippen LogP) is 2.62. The van der Waals surface area contributed by atoms with Gasteiger partial charge in [-0.1, -0.05) is 13.8 Å². The van der Waals surface area contributed by atoms with E-state index >= 15 is 0 Å². The molecule has 4 heteroatoms. The van der Waals surface area contributed by atoms with Gasteiger partial charge < -0.3 is 14.6 Å². The summed E-state index contributed by atoms with van der Waals surface area (Å²) < 4.78 is 7.41. The molecular weight excluding hydrogens is 240 g/mol. The summed E-state index contributed by atoms with van der Waals surface area (Å²) >= 11 is 0. The fraction of sp³-hybridized carbons (Fsp3) is 0.667. The van der Waals surface area contributed by atoms with Crippen molar-refractivity contribution >= 4 is 5.91 Å². The normalized spacial score (nSPS) is 12.9. The zero-order valence-electron chi connectivity index (χ0n) is 12.4. The lowest BCUT2D eigenvalue weighted by molar-refractivity contribution is -0.125. The molecule has 0 aromatic carbocycles. The van der Waals surface area contributed by atoms with Crippen molar-refractivity contribution in [2.45, 2.75) is 46.3 Å². The Balaban J connectivity index is 2.38. The van der Waals surface area contributed by atoms with Crippen LogP contribution >= 0.6 is 0 Å². The Morgan fingerprint density at radius 2 is 1.84 bits per heavy atom. The summed E-state index contributed by atoms with van der Waals surface area (Å²) in [6, 6.07) is 3.75. The van der Waals surface area contributed by atoms with Gasteiger partial charge in [-0.15, -0.1) is 0 Å². The van der Waals surface area contributed by atoms with Crippen molar-refractivity contribution in [1.82, 2.24) is 9.88 Å². The maximum atomic E-state index is 12.2. The fourth-order valence-electron chi connectivity index (χ4n) is 2.02. The molecule has 0 aliphatic rings. The van der Waals surface area contributed by atoms with Crippen LogP contribution in [0, 0.1) is 5.92 Å². The highest BCUT2D eigenvalue weighted by Gasteiger charge is 2.22. The molecule has 1 aromatic heterocycles. The van der Waals surface area contributed by atoms with Crippen molar-refractivity contribution in [2.75, 3.05) is 13.2 Å². The first kappa shape index (κ1) is 15.8. The van der Waals surface area contributed by atoms with Gasteiger partial charge in [-0.3, -0.25) is 4.79 Å². The van der Waals surface area contributed by atoms with Gasteiger partial charge in [0.2, 0.25) is 5.91 Å². The van der Waals surface area contributed by atoms with Crippen molar-refractivity contribution < 1.29 is 9.53 Å². The summed E-state index contributed by atoms with van der Waals surface area (Å²) in [5, 5.41) is 2.99. The number of carbonyl (C=O) groups excluding carboxylic acids is 1. The minimum atomic E-state index is -0.138. The number of ether oxygens (including phenoxy) is 1. The van der Waals surface area contributed by atoms with E-state index < -0.39 is 0 Å². The second kappa shape index (κ2) is 8.00. The standard InChI is InChI=1S/C15H26N2O2/c1-12(2)14(17-9-5-6-10-17)15(18)16-8-7-11-19-13(3)4/h5-6,9-10,12-14H,7-8,11H2,1-4H3,(H,16,18)/t14-/m0/s1. The molecule has 0 fully saturated rings. The Bertz CT molecular complexity index is 358. The van der Waals surface area contributed by atoms with Gasteiger partial charge in [-0.05, 0) is 38.3 Å². The largest absolute Gasteiger partial charge is 0.379 e. The quantitative estimate of drug-likeness (QED) is 0.735. The third-order valence-corrected chi connectivity index (χ3v) is 2.92. The van der Waals surface area contributed by atoms with E-state index in [2.05, 4.69) is 19.2 Å². The van der Waals surface area contributed by atoms with Crippen molar-refractivity contribution in [3.05, 3.63) is 24.5 Å². The number of carbonyl (C=O) groups is 1. The minimum absolute atomic E-state index is 0.0794. The number of hydrogen-bond acceptors (Lipinski definition) is 2. The zero-order chi connectivity index (χ0) is 14.3. The third kappa shape index (κ3) is 5.47. The van der Waals surface area contributed by atoms with Crippen LogP contribution in [0.1, 0.15) is 40.2 Å². The molecule has 1 atom stereocenters. The minimum Gasteiger partial charge on any atom is -0.379 e. The average Bonchev–Trinajstić information content (AvgIpc) is 2.81. The second-order valence-corrected chi connectivity index (χ2v) is 5.38. The molecule has 1 N–H and O–H groups in total. The van der Waals surface area contributed by atoms with Gasteiger partial charge in [-0.25, -0.2) is 0 Å². The van der Waals surface area contributed by atoms with Crippen LogP contribution in [0.15, 0.2) is 24.5 Å². The Hall–Kier alpha value is -1.29. The lowest BCUT2D eigenvalue weighted by atomic mass is 10.0. The number of rotatable bonds is 8. The molecule has 0 spiro atoms. The average molecular weight is 266 g/mol. The van der Waals surface area contributed by atoms with Gasteiger partial charge in [0, 0.05) is 25.5 Å². The molecule has 0 aliphatic heterocycles. The number of nitrogens with one attached hydrogen (secondary N) is 1. The molecule has 0 unspecified atom stereocenters. The third-order valence-electron chi connectivity index (χ3n) is 2.92. The maximum absolute atomic E-state index is 12.2. The highest BCUT2D eigenvalue weighted by atomic mass is 16.5. The molecule has 0 saturated heterocycles. The Labute approximate surface area is 116 Å². The molecule has 0 bridgehead atoms. The Kier molecular flexibility index (Phi) is 6.64. The first-order valence-electron chi connectivity index (χ1n) is 7.04. The van der Waals surface area contributed by atoms with Gasteiger partial charge in [-0.2, -0.15) is 0 Å². The fourth-order valence-corrected chi connectivity index (χ4v) is 2.02. The topological polar surface area (TPSA) is 43.3 Å². The predicted molar refractivity (Wildman–Crippen MR) is 77.0 cm³/mol. The van der Waals surface area contributed by atoms with E-state index in [4.69, 9.17) is 4.74 Å². The molecule has 0 aliphatic carbocycles. The van der Waals surface area contributed by atoms with Gasteiger partial charge in [0.1, 0.15) is 6.04 Å². The smallest absolute Gasteiger partial charge is 0.243 e. The highest BCUT2D eigenvalue weighted by molar-refractivity contribution is 5.80. The molecule has 19 heavy (non-hydrogen) atoms. The molecule has 4 nitrogen and oxygen atoms in total.